The molecule has 0 aliphatic carbocycles. The Kier molecular flexibility index (Phi) is 5.23. The van der Waals surface area contributed by atoms with Crippen molar-refractivity contribution in [1.82, 2.24) is 5.32 Å². The Hall–Kier alpha value is -2.00. The average Bonchev–Trinajstić information content (AvgIpc) is 2.48. The minimum Gasteiger partial charge on any atom is -0.481 e. The topological polar surface area (TPSA) is 38.3 Å². The lowest BCUT2D eigenvalue weighted by Crippen LogP contribution is -2.35. The molecular formula is C17H18ClNO2. The maximum atomic E-state index is 12.0. The van der Waals surface area contributed by atoms with Crippen molar-refractivity contribution < 1.29 is 9.53 Å². The Balaban J connectivity index is 1.84. The van der Waals surface area contributed by atoms with Gasteiger partial charge in [0.05, 0.1) is 0 Å². The van der Waals surface area contributed by atoms with E-state index in [0.717, 1.165) is 5.56 Å². The lowest BCUT2D eigenvalue weighted by molar-refractivity contribution is -0.127. The Morgan fingerprint density at radius 1 is 1.14 bits per heavy atom. The number of hydrogen-bond donors (Lipinski definition) is 1. The zero-order valence-corrected chi connectivity index (χ0v) is 12.9. The van der Waals surface area contributed by atoms with Crippen LogP contribution in [-0.4, -0.2) is 12.0 Å². The number of carbonyl (C=O) groups excluding carboxylic acids is 1. The predicted octanol–water partition coefficient (Wildman–Crippen LogP) is 3.73. The first-order valence-corrected chi connectivity index (χ1v) is 7.18. The van der Waals surface area contributed by atoms with Gasteiger partial charge in [0, 0.05) is 11.6 Å². The molecule has 2 aromatic carbocycles. The van der Waals surface area contributed by atoms with Crippen LogP contribution in [0.1, 0.15) is 18.1 Å². The van der Waals surface area contributed by atoms with Crippen LogP contribution in [0.25, 0.3) is 0 Å². The Morgan fingerprint density at radius 2 is 1.76 bits per heavy atom. The first-order chi connectivity index (χ1) is 10.0. The highest BCUT2D eigenvalue weighted by Gasteiger charge is 2.14. The second-order valence-electron chi connectivity index (χ2n) is 4.92. The molecule has 0 heterocycles. The molecule has 0 aliphatic heterocycles. The summed E-state index contributed by atoms with van der Waals surface area (Å²) < 4.78 is 5.57. The number of amides is 1. The second-order valence-corrected chi connectivity index (χ2v) is 5.35. The lowest BCUT2D eigenvalue weighted by Gasteiger charge is -2.14. The quantitative estimate of drug-likeness (QED) is 0.914. The maximum Gasteiger partial charge on any atom is 0.261 e. The van der Waals surface area contributed by atoms with E-state index in [-0.39, 0.29) is 5.91 Å². The fourth-order valence-corrected chi connectivity index (χ4v) is 1.94. The maximum absolute atomic E-state index is 12.0. The molecule has 21 heavy (non-hydrogen) atoms. The standard InChI is InChI=1S/C17H18ClNO2/c1-12-3-5-14(6-4-12)11-19-17(20)13(2)21-16-9-7-15(18)8-10-16/h3-10,13H,11H2,1-2H3,(H,19,20)/t13-/m0/s1. The number of ether oxygens (including phenoxy) is 1. The molecule has 0 unspecified atom stereocenters. The summed E-state index contributed by atoms with van der Waals surface area (Å²) >= 11 is 5.80. The van der Waals surface area contributed by atoms with Crippen molar-refractivity contribution in [2.75, 3.05) is 0 Å². The van der Waals surface area contributed by atoms with Crippen LogP contribution in [0.3, 0.4) is 0 Å². The predicted molar refractivity (Wildman–Crippen MR) is 84.6 cm³/mol. The highest BCUT2D eigenvalue weighted by molar-refractivity contribution is 6.30. The fraction of sp³-hybridized carbons (Fsp3) is 0.235. The SMILES string of the molecule is Cc1ccc(CNC(=O)[C@H](C)Oc2ccc(Cl)cc2)cc1. The molecule has 2 aromatic rings. The van der Waals surface area contributed by atoms with E-state index >= 15 is 0 Å². The molecular weight excluding hydrogens is 286 g/mol. The fourth-order valence-electron chi connectivity index (χ4n) is 1.81. The van der Waals surface area contributed by atoms with E-state index in [1.54, 1.807) is 31.2 Å². The molecule has 0 saturated carbocycles. The van der Waals surface area contributed by atoms with Crippen molar-refractivity contribution in [2.24, 2.45) is 0 Å². The normalized spacial score (nSPS) is 11.8. The molecule has 110 valence electrons. The van der Waals surface area contributed by atoms with E-state index in [0.29, 0.717) is 17.3 Å². The van der Waals surface area contributed by atoms with Crippen LogP contribution in [0.2, 0.25) is 5.02 Å². The van der Waals surface area contributed by atoms with Gasteiger partial charge in [-0.15, -0.1) is 0 Å². The molecule has 0 aliphatic rings. The van der Waals surface area contributed by atoms with E-state index in [1.165, 1.54) is 5.56 Å². The number of rotatable bonds is 5. The van der Waals surface area contributed by atoms with Gasteiger partial charge >= 0.3 is 0 Å². The van der Waals surface area contributed by atoms with Gasteiger partial charge in [-0.1, -0.05) is 41.4 Å². The molecule has 2 rings (SSSR count). The molecule has 1 amide bonds. The second kappa shape index (κ2) is 7.14. The zero-order valence-electron chi connectivity index (χ0n) is 12.1. The van der Waals surface area contributed by atoms with Gasteiger partial charge in [-0.2, -0.15) is 0 Å². The molecule has 3 nitrogen and oxygen atoms in total. The van der Waals surface area contributed by atoms with Crippen LogP contribution in [0.15, 0.2) is 48.5 Å². The minimum absolute atomic E-state index is 0.148. The zero-order chi connectivity index (χ0) is 15.2. The van der Waals surface area contributed by atoms with E-state index < -0.39 is 6.10 Å². The van der Waals surface area contributed by atoms with Crippen molar-refractivity contribution in [2.45, 2.75) is 26.5 Å². The summed E-state index contributed by atoms with van der Waals surface area (Å²) in [6.45, 7) is 4.25. The van der Waals surface area contributed by atoms with Gasteiger partial charge in [0.25, 0.3) is 5.91 Å². The van der Waals surface area contributed by atoms with Gasteiger partial charge in [0.2, 0.25) is 0 Å². The van der Waals surface area contributed by atoms with Gasteiger partial charge in [0.15, 0.2) is 6.10 Å². The van der Waals surface area contributed by atoms with Crippen LogP contribution < -0.4 is 10.1 Å². The first-order valence-electron chi connectivity index (χ1n) is 6.80. The van der Waals surface area contributed by atoms with Gasteiger partial charge in [-0.3, -0.25) is 4.79 Å². The van der Waals surface area contributed by atoms with E-state index in [9.17, 15) is 4.79 Å². The third-order valence-electron chi connectivity index (χ3n) is 3.08. The number of nitrogens with one attached hydrogen (secondary N) is 1. The van der Waals surface area contributed by atoms with Crippen LogP contribution >= 0.6 is 11.6 Å². The van der Waals surface area contributed by atoms with E-state index in [4.69, 9.17) is 16.3 Å². The molecule has 0 aromatic heterocycles. The Bertz CT molecular complexity index is 593. The smallest absolute Gasteiger partial charge is 0.261 e. The minimum atomic E-state index is -0.559. The molecule has 0 spiro atoms. The Morgan fingerprint density at radius 3 is 2.38 bits per heavy atom. The lowest BCUT2D eigenvalue weighted by atomic mass is 10.1. The molecule has 0 radical (unpaired) electrons. The number of aryl methyl sites for hydroxylation is 1. The van der Waals surface area contributed by atoms with Gasteiger partial charge in [-0.05, 0) is 43.7 Å². The third kappa shape index (κ3) is 4.80. The molecule has 0 fully saturated rings. The summed E-state index contributed by atoms with van der Waals surface area (Å²) in [5.74, 6) is 0.475. The van der Waals surface area contributed by atoms with E-state index in [2.05, 4.69) is 5.32 Å². The summed E-state index contributed by atoms with van der Waals surface area (Å²) in [5.41, 5.74) is 2.26. The van der Waals surface area contributed by atoms with Crippen LogP contribution in [0.4, 0.5) is 0 Å². The van der Waals surface area contributed by atoms with Gasteiger partial charge in [0.1, 0.15) is 5.75 Å². The van der Waals surface area contributed by atoms with Crippen molar-refractivity contribution in [3.63, 3.8) is 0 Å². The number of benzene rings is 2. The van der Waals surface area contributed by atoms with Crippen LogP contribution in [0.5, 0.6) is 5.75 Å². The van der Waals surface area contributed by atoms with Crippen molar-refractivity contribution in [3.8, 4) is 5.75 Å². The highest BCUT2D eigenvalue weighted by atomic mass is 35.5. The number of hydrogen-bond acceptors (Lipinski definition) is 2. The number of carbonyl (C=O) groups is 1. The number of halogens is 1. The molecule has 4 heteroatoms. The van der Waals surface area contributed by atoms with Gasteiger partial charge < -0.3 is 10.1 Å². The summed E-state index contributed by atoms with van der Waals surface area (Å²) in [5, 5.41) is 3.50. The highest BCUT2D eigenvalue weighted by Crippen LogP contribution is 2.16. The van der Waals surface area contributed by atoms with Gasteiger partial charge in [-0.25, -0.2) is 0 Å². The summed E-state index contributed by atoms with van der Waals surface area (Å²) in [6, 6.07) is 15.0. The molecule has 0 saturated heterocycles. The average molecular weight is 304 g/mol. The van der Waals surface area contributed by atoms with E-state index in [1.807, 2.05) is 31.2 Å². The first kappa shape index (κ1) is 15.4. The Labute approximate surface area is 129 Å². The van der Waals surface area contributed by atoms with Crippen molar-refractivity contribution in [3.05, 3.63) is 64.7 Å². The van der Waals surface area contributed by atoms with Crippen LogP contribution in [-0.2, 0) is 11.3 Å². The summed E-state index contributed by atoms with van der Waals surface area (Å²) in [7, 11) is 0. The summed E-state index contributed by atoms with van der Waals surface area (Å²) in [4.78, 5) is 12.0. The van der Waals surface area contributed by atoms with Crippen LogP contribution in [0, 0.1) is 6.92 Å². The van der Waals surface area contributed by atoms with Crippen molar-refractivity contribution >= 4 is 17.5 Å². The molecule has 1 N–H and O–H groups in total. The molecule has 0 bridgehead atoms. The van der Waals surface area contributed by atoms with Crippen molar-refractivity contribution in [1.29, 1.82) is 0 Å². The monoisotopic (exact) mass is 303 g/mol. The summed E-state index contributed by atoms with van der Waals surface area (Å²) in [6.07, 6.45) is -0.559. The molecule has 1 atom stereocenters. The largest absolute Gasteiger partial charge is 0.481 e. The third-order valence-corrected chi connectivity index (χ3v) is 3.34.